The molecule has 1 unspecified atom stereocenters. The molecule has 6 nitrogen and oxygen atoms in total. The van der Waals surface area contributed by atoms with Gasteiger partial charge in [0.25, 0.3) is 0 Å². The number of aryl methyl sites for hydroxylation is 1. The number of amides is 1. The fourth-order valence-electron chi connectivity index (χ4n) is 3.62. The summed E-state index contributed by atoms with van der Waals surface area (Å²) in [6, 6.07) is 10.1. The Kier molecular flexibility index (Phi) is 6.57. The van der Waals surface area contributed by atoms with Crippen LogP contribution in [0.1, 0.15) is 37.5 Å². The highest BCUT2D eigenvalue weighted by Gasteiger charge is 2.32. The van der Waals surface area contributed by atoms with Gasteiger partial charge in [-0.25, -0.2) is 8.42 Å². The van der Waals surface area contributed by atoms with Gasteiger partial charge in [0.15, 0.2) is 0 Å². The summed E-state index contributed by atoms with van der Waals surface area (Å²) in [5, 5.41) is 0. The zero-order valence-electron chi connectivity index (χ0n) is 16.5. The van der Waals surface area contributed by atoms with Crippen LogP contribution in [0.2, 0.25) is 0 Å². The van der Waals surface area contributed by atoms with Gasteiger partial charge in [-0.3, -0.25) is 4.79 Å². The molecule has 1 aliphatic heterocycles. The number of hydrogen-bond acceptors (Lipinski definition) is 4. The molecule has 1 saturated heterocycles. The molecule has 1 aromatic carbocycles. The Balaban J connectivity index is 1.79. The minimum absolute atomic E-state index is 0.0289. The quantitative estimate of drug-likeness (QED) is 0.676. The average Bonchev–Trinajstić information content (AvgIpc) is 3.34. The Morgan fingerprint density at radius 2 is 2.00 bits per heavy atom. The molecule has 1 amide bonds. The van der Waals surface area contributed by atoms with E-state index in [4.69, 9.17) is 4.42 Å². The number of carbonyl (C=O) groups excluding carboxylic acids is 1. The van der Waals surface area contributed by atoms with Crippen molar-refractivity contribution in [3.05, 3.63) is 54.0 Å². The first kappa shape index (κ1) is 20.6. The maximum atomic E-state index is 13.2. The van der Waals surface area contributed by atoms with Crippen molar-refractivity contribution >= 4 is 15.9 Å². The number of rotatable bonds is 8. The Labute approximate surface area is 167 Å². The van der Waals surface area contributed by atoms with Gasteiger partial charge in [0.2, 0.25) is 15.9 Å². The molecule has 0 radical (unpaired) electrons. The van der Waals surface area contributed by atoms with Gasteiger partial charge in [-0.2, -0.15) is 4.31 Å². The summed E-state index contributed by atoms with van der Waals surface area (Å²) < 4.78 is 33.0. The molecule has 0 N–H and O–H groups in total. The lowest BCUT2D eigenvalue weighted by molar-refractivity contribution is -0.130. The fraction of sp³-hybridized carbons (Fsp3) is 0.476. The number of nitrogens with zero attached hydrogens (tertiary/aromatic N) is 2. The lowest BCUT2D eigenvalue weighted by Crippen LogP contribution is -2.41. The maximum absolute atomic E-state index is 13.2. The van der Waals surface area contributed by atoms with Crippen molar-refractivity contribution in [1.82, 2.24) is 9.21 Å². The fourth-order valence-corrected chi connectivity index (χ4v) is 4.97. The molecule has 28 heavy (non-hydrogen) atoms. The molecule has 2 heterocycles. The number of furan rings is 1. The van der Waals surface area contributed by atoms with Crippen LogP contribution >= 0.6 is 0 Å². The number of benzene rings is 1. The molecule has 3 rings (SSSR count). The molecule has 7 heteroatoms. The molecular weight excluding hydrogens is 376 g/mol. The summed E-state index contributed by atoms with van der Waals surface area (Å²) in [6.45, 7) is 5.30. The minimum Gasteiger partial charge on any atom is -0.468 e. The summed E-state index contributed by atoms with van der Waals surface area (Å²) in [5.41, 5.74) is 0.978. The van der Waals surface area contributed by atoms with Gasteiger partial charge in [-0.05, 0) is 49.9 Å². The molecule has 0 bridgehead atoms. The van der Waals surface area contributed by atoms with Crippen LogP contribution in [0.3, 0.4) is 0 Å². The van der Waals surface area contributed by atoms with E-state index in [-0.39, 0.29) is 23.9 Å². The van der Waals surface area contributed by atoms with Gasteiger partial charge in [0.1, 0.15) is 5.76 Å². The number of likely N-dealkylation sites (tertiary alicyclic amines) is 1. The number of hydrogen-bond donors (Lipinski definition) is 0. The lowest BCUT2D eigenvalue weighted by Gasteiger charge is -2.24. The van der Waals surface area contributed by atoms with Crippen molar-refractivity contribution in [3.63, 3.8) is 0 Å². The van der Waals surface area contributed by atoms with E-state index in [2.05, 4.69) is 6.92 Å². The molecule has 0 spiro atoms. The summed E-state index contributed by atoms with van der Waals surface area (Å²) in [7, 11) is -3.82. The van der Waals surface area contributed by atoms with Gasteiger partial charge in [0, 0.05) is 13.1 Å². The van der Waals surface area contributed by atoms with Gasteiger partial charge in [-0.1, -0.05) is 31.0 Å². The average molecular weight is 405 g/mol. The second-order valence-corrected chi connectivity index (χ2v) is 9.39. The van der Waals surface area contributed by atoms with E-state index >= 15 is 0 Å². The highest BCUT2D eigenvalue weighted by Crippen LogP contribution is 2.23. The first-order valence-corrected chi connectivity index (χ1v) is 11.2. The Morgan fingerprint density at radius 3 is 2.64 bits per heavy atom. The van der Waals surface area contributed by atoms with Crippen LogP contribution in [0.25, 0.3) is 0 Å². The molecule has 1 atom stereocenters. The Hall–Kier alpha value is -2.12. The van der Waals surface area contributed by atoms with E-state index in [1.54, 1.807) is 41.3 Å². The third-order valence-electron chi connectivity index (χ3n) is 5.22. The van der Waals surface area contributed by atoms with Crippen LogP contribution in [0, 0.1) is 12.8 Å². The van der Waals surface area contributed by atoms with Crippen LogP contribution < -0.4 is 0 Å². The Bertz CT molecular complexity index is 876. The van der Waals surface area contributed by atoms with Gasteiger partial charge < -0.3 is 9.32 Å². The molecule has 2 aromatic rings. The third-order valence-corrected chi connectivity index (χ3v) is 7.02. The summed E-state index contributed by atoms with van der Waals surface area (Å²) in [4.78, 5) is 14.8. The molecule has 152 valence electrons. The maximum Gasteiger partial charge on any atom is 0.243 e. The summed E-state index contributed by atoms with van der Waals surface area (Å²) in [6.07, 6.45) is 4.69. The highest BCUT2D eigenvalue weighted by atomic mass is 32.2. The molecular formula is C21H28N2O4S. The normalized spacial score (nSPS) is 17.4. The predicted octanol–water partition coefficient (Wildman–Crippen LogP) is 3.43. The minimum atomic E-state index is -3.82. The van der Waals surface area contributed by atoms with E-state index in [0.29, 0.717) is 24.8 Å². The standard InChI is InChI=1S/C21H28N2O4S/c1-3-5-18-11-12-22(14-18)21(24)16-23(15-19-6-4-13-27-19)28(25,26)20-9-7-17(2)8-10-20/h4,6-10,13,18H,3,5,11-12,14-16H2,1-2H3. The van der Waals surface area contributed by atoms with Gasteiger partial charge in [-0.15, -0.1) is 0 Å². The van der Waals surface area contributed by atoms with Crippen molar-refractivity contribution in [3.8, 4) is 0 Å². The second kappa shape index (κ2) is 8.92. The lowest BCUT2D eigenvalue weighted by atomic mass is 10.0. The molecule has 1 aromatic heterocycles. The van der Waals surface area contributed by atoms with Crippen molar-refractivity contribution in [1.29, 1.82) is 0 Å². The summed E-state index contributed by atoms with van der Waals surface area (Å²) >= 11 is 0. The number of carbonyl (C=O) groups is 1. The van der Waals surface area contributed by atoms with Crippen LogP contribution in [0.15, 0.2) is 52.0 Å². The first-order chi connectivity index (χ1) is 13.4. The zero-order chi connectivity index (χ0) is 20.1. The van der Waals surface area contributed by atoms with E-state index in [1.807, 2.05) is 6.92 Å². The van der Waals surface area contributed by atoms with Gasteiger partial charge >= 0.3 is 0 Å². The highest BCUT2D eigenvalue weighted by molar-refractivity contribution is 7.89. The predicted molar refractivity (Wildman–Crippen MR) is 107 cm³/mol. The van der Waals surface area contributed by atoms with Crippen molar-refractivity contribution in [2.45, 2.75) is 44.6 Å². The molecule has 1 aliphatic rings. The third kappa shape index (κ3) is 4.83. The van der Waals surface area contributed by atoms with E-state index < -0.39 is 10.0 Å². The largest absolute Gasteiger partial charge is 0.468 e. The van der Waals surface area contributed by atoms with Crippen LogP contribution in [0.4, 0.5) is 0 Å². The smallest absolute Gasteiger partial charge is 0.243 e. The van der Waals surface area contributed by atoms with Crippen LogP contribution in [-0.4, -0.2) is 43.2 Å². The van der Waals surface area contributed by atoms with E-state index in [9.17, 15) is 13.2 Å². The molecule has 1 fully saturated rings. The zero-order valence-corrected chi connectivity index (χ0v) is 17.3. The molecule has 0 saturated carbocycles. The second-order valence-electron chi connectivity index (χ2n) is 7.45. The first-order valence-electron chi connectivity index (χ1n) is 9.77. The number of sulfonamides is 1. The monoisotopic (exact) mass is 404 g/mol. The van der Waals surface area contributed by atoms with Crippen LogP contribution in [-0.2, 0) is 21.4 Å². The topological polar surface area (TPSA) is 70.8 Å². The van der Waals surface area contributed by atoms with Crippen molar-refractivity contribution in [2.75, 3.05) is 19.6 Å². The van der Waals surface area contributed by atoms with Gasteiger partial charge in [0.05, 0.1) is 24.2 Å². The SMILES string of the molecule is CCCC1CCN(C(=O)CN(Cc2ccco2)S(=O)(=O)c2ccc(C)cc2)C1. The summed E-state index contributed by atoms with van der Waals surface area (Å²) in [5.74, 6) is 0.871. The van der Waals surface area contributed by atoms with Crippen LogP contribution in [0.5, 0.6) is 0 Å². The van der Waals surface area contributed by atoms with E-state index in [1.165, 1.54) is 10.6 Å². The van der Waals surface area contributed by atoms with Crippen molar-refractivity contribution in [2.24, 2.45) is 5.92 Å². The molecule has 0 aliphatic carbocycles. The van der Waals surface area contributed by atoms with E-state index in [0.717, 1.165) is 24.8 Å². The van der Waals surface area contributed by atoms with Crippen molar-refractivity contribution < 1.29 is 17.6 Å². The Morgan fingerprint density at radius 1 is 1.25 bits per heavy atom.